The number of piperidine rings is 2. The molecule has 1 aromatic carbocycles. The smallest absolute Gasteiger partial charge is 0.308 e. The van der Waals surface area contributed by atoms with Crippen molar-refractivity contribution < 1.29 is 23.8 Å². The van der Waals surface area contributed by atoms with Crippen LogP contribution in [0.2, 0.25) is 0 Å². The molecular weight excluding hydrogens is 351 g/mol. The molecule has 2 fully saturated rings. The predicted octanol–water partition coefficient (Wildman–Crippen LogP) is 1.56. The molecular formula is C20H27FN2O4. The Hall–Kier alpha value is -1.99. The van der Waals surface area contributed by atoms with Crippen LogP contribution in [0, 0.1) is 11.7 Å². The number of amides is 1. The van der Waals surface area contributed by atoms with E-state index in [0.29, 0.717) is 45.4 Å². The number of esters is 1. The van der Waals surface area contributed by atoms with Gasteiger partial charge in [0.25, 0.3) is 5.91 Å². The second-order valence-electron chi connectivity index (χ2n) is 7.56. The number of hydrogen-bond acceptors (Lipinski definition) is 5. The Labute approximate surface area is 158 Å². The van der Waals surface area contributed by atoms with E-state index in [-0.39, 0.29) is 30.2 Å². The Balaban J connectivity index is 1.59. The summed E-state index contributed by atoms with van der Waals surface area (Å²) in [5.74, 6) is -0.866. The molecule has 7 heteroatoms. The van der Waals surface area contributed by atoms with E-state index >= 15 is 0 Å². The minimum atomic E-state index is -1.41. The second-order valence-corrected chi connectivity index (χ2v) is 7.56. The van der Waals surface area contributed by atoms with Gasteiger partial charge in [-0.3, -0.25) is 14.5 Å². The Morgan fingerprint density at radius 1 is 1.26 bits per heavy atom. The van der Waals surface area contributed by atoms with Crippen LogP contribution < -0.4 is 0 Å². The Bertz CT molecular complexity index is 673. The molecule has 6 nitrogen and oxygen atoms in total. The number of likely N-dealkylation sites (tertiary alicyclic amines) is 2. The third kappa shape index (κ3) is 4.65. The van der Waals surface area contributed by atoms with E-state index in [2.05, 4.69) is 4.90 Å². The molecule has 2 heterocycles. The van der Waals surface area contributed by atoms with E-state index in [1.807, 2.05) is 0 Å². The molecule has 1 atom stereocenters. The molecule has 0 aromatic heterocycles. The molecule has 1 aromatic rings. The van der Waals surface area contributed by atoms with Crippen molar-refractivity contribution in [3.05, 3.63) is 35.6 Å². The van der Waals surface area contributed by atoms with Crippen LogP contribution in [0.25, 0.3) is 0 Å². The molecule has 1 amide bonds. The minimum absolute atomic E-state index is 0.0991. The largest absolute Gasteiger partial charge is 0.469 e. The number of carbonyl (C=O) groups is 2. The summed E-state index contributed by atoms with van der Waals surface area (Å²) in [6.45, 7) is 2.55. The number of hydrogen-bond donors (Lipinski definition) is 1. The zero-order valence-electron chi connectivity index (χ0n) is 15.7. The van der Waals surface area contributed by atoms with Crippen molar-refractivity contribution in [3.8, 4) is 0 Å². The molecule has 27 heavy (non-hydrogen) atoms. The second kappa shape index (κ2) is 8.35. The fraction of sp³-hybridized carbons (Fsp3) is 0.600. The SMILES string of the molecule is COC(=O)C1CCN(C[C@]2(O)CCCN(Cc3ccc(F)cc3)C2=O)CC1. The molecule has 1 N–H and O–H groups in total. The van der Waals surface area contributed by atoms with Gasteiger partial charge in [-0.2, -0.15) is 0 Å². The lowest BCUT2D eigenvalue weighted by Crippen LogP contribution is -2.59. The van der Waals surface area contributed by atoms with Gasteiger partial charge in [0.05, 0.1) is 13.0 Å². The van der Waals surface area contributed by atoms with Crippen LogP contribution in [0.1, 0.15) is 31.2 Å². The molecule has 2 saturated heterocycles. The maximum absolute atomic E-state index is 13.1. The van der Waals surface area contributed by atoms with Crippen molar-refractivity contribution >= 4 is 11.9 Å². The number of ether oxygens (including phenoxy) is 1. The van der Waals surface area contributed by atoms with Gasteiger partial charge in [-0.05, 0) is 56.5 Å². The Morgan fingerprint density at radius 2 is 1.93 bits per heavy atom. The average molecular weight is 378 g/mol. The fourth-order valence-corrected chi connectivity index (χ4v) is 4.04. The molecule has 3 rings (SSSR count). The first-order chi connectivity index (χ1) is 12.9. The maximum atomic E-state index is 13.1. The number of carbonyl (C=O) groups excluding carboxylic acids is 2. The van der Waals surface area contributed by atoms with Gasteiger partial charge in [0.2, 0.25) is 0 Å². The number of halogens is 1. The highest BCUT2D eigenvalue weighted by atomic mass is 19.1. The third-order valence-corrected chi connectivity index (χ3v) is 5.60. The van der Waals surface area contributed by atoms with E-state index in [1.54, 1.807) is 17.0 Å². The highest BCUT2D eigenvalue weighted by molar-refractivity contribution is 5.86. The number of methoxy groups -OCH3 is 1. The van der Waals surface area contributed by atoms with Crippen LogP contribution in [0.15, 0.2) is 24.3 Å². The zero-order chi connectivity index (χ0) is 19.4. The maximum Gasteiger partial charge on any atom is 0.308 e. The lowest BCUT2D eigenvalue weighted by Gasteiger charge is -2.42. The summed E-state index contributed by atoms with van der Waals surface area (Å²) in [4.78, 5) is 28.3. The summed E-state index contributed by atoms with van der Waals surface area (Å²) >= 11 is 0. The molecule has 0 unspecified atom stereocenters. The number of aliphatic hydroxyl groups is 1. The van der Waals surface area contributed by atoms with Crippen LogP contribution >= 0.6 is 0 Å². The summed E-state index contributed by atoms with van der Waals surface area (Å²) < 4.78 is 17.9. The van der Waals surface area contributed by atoms with E-state index in [4.69, 9.17) is 4.74 Å². The first kappa shape index (κ1) is 19.8. The molecule has 0 radical (unpaired) electrons. The van der Waals surface area contributed by atoms with Crippen molar-refractivity contribution in [2.45, 2.75) is 37.8 Å². The molecule has 2 aliphatic rings. The Kier molecular flexibility index (Phi) is 6.11. The van der Waals surface area contributed by atoms with Crippen molar-refractivity contribution in [3.63, 3.8) is 0 Å². The monoisotopic (exact) mass is 378 g/mol. The van der Waals surface area contributed by atoms with Gasteiger partial charge < -0.3 is 14.7 Å². The fourth-order valence-electron chi connectivity index (χ4n) is 4.04. The predicted molar refractivity (Wildman–Crippen MR) is 97.2 cm³/mol. The van der Waals surface area contributed by atoms with Crippen molar-refractivity contribution in [1.82, 2.24) is 9.80 Å². The Morgan fingerprint density at radius 3 is 2.56 bits per heavy atom. The number of β-amino-alcohol motifs (C(OH)–C–C–N with tert-alkyl or cyclic N) is 1. The average Bonchev–Trinajstić information content (AvgIpc) is 2.67. The zero-order valence-corrected chi connectivity index (χ0v) is 15.7. The summed E-state index contributed by atoms with van der Waals surface area (Å²) in [6.07, 6.45) is 2.51. The van der Waals surface area contributed by atoms with Gasteiger partial charge in [-0.25, -0.2) is 4.39 Å². The highest BCUT2D eigenvalue weighted by Crippen LogP contribution is 2.27. The normalized spacial score (nSPS) is 24.9. The summed E-state index contributed by atoms with van der Waals surface area (Å²) in [7, 11) is 1.40. The van der Waals surface area contributed by atoms with Crippen LogP contribution in [0.5, 0.6) is 0 Å². The molecule has 0 bridgehead atoms. The summed E-state index contributed by atoms with van der Waals surface area (Å²) in [5, 5.41) is 11.0. The number of nitrogens with zero attached hydrogens (tertiary/aromatic N) is 2. The lowest BCUT2D eigenvalue weighted by atomic mass is 9.89. The van der Waals surface area contributed by atoms with Crippen molar-refractivity contribution in [1.29, 1.82) is 0 Å². The standard InChI is InChI=1S/C20H27FN2O4/c1-27-18(24)16-7-11-22(12-8-16)14-20(26)9-2-10-23(19(20)25)13-15-3-5-17(21)6-4-15/h3-6,16,26H,2,7-14H2,1H3/t20-/m1/s1. The summed E-state index contributed by atoms with van der Waals surface area (Å²) in [6, 6.07) is 6.07. The van der Waals surface area contributed by atoms with Gasteiger partial charge in [0, 0.05) is 19.6 Å². The number of benzene rings is 1. The summed E-state index contributed by atoms with van der Waals surface area (Å²) in [5.41, 5.74) is -0.566. The quantitative estimate of drug-likeness (QED) is 0.788. The van der Waals surface area contributed by atoms with Gasteiger partial charge in [0.1, 0.15) is 5.82 Å². The minimum Gasteiger partial charge on any atom is -0.469 e. The van der Waals surface area contributed by atoms with Crippen LogP contribution in [-0.2, 0) is 20.9 Å². The first-order valence-corrected chi connectivity index (χ1v) is 9.48. The van der Waals surface area contributed by atoms with E-state index in [1.165, 1.54) is 19.2 Å². The van der Waals surface area contributed by atoms with E-state index in [0.717, 1.165) is 12.0 Å². The molecule has 148 valence electrons. The van der Waals surface area contributed by atoms with Crippen LogP contribution in [0.3, 0.4) is 0 Å². The molecule has 0 aliphatic carbocycles. The van der Waals surface area contributed by atoms with Gasteiger partial charge in [-0.1, -0.05) is 12.1 Å². The van der Waals surface area contributed by atoms with Gasteiger partial charge in [-0.15, -0.1) is 0 Å². The van der Waals surface area contributed by atoms with Crippen molar-refractivity contribution in [2.75, 3.05) is 33.3 Å². The van der Waals surface area contributed by atoms with E-state index in [9.17, 15) is 19.1 Å². The lowest BCUT2D eigenvalue weighted by molar-refractivity contribution is -0.161. The molecule has 0 spiro atoms. The van der Waals surface area contributed by atoms with Crippen LogP contribution in [-0.4, -0.2) is 65.7 Å². The molecule has 0 saturated carbocycles. The first-order valence-electron chi connectivity index (χ1n) is 9.48. The van der Waals surface area contributed by atoms with E-state index < -0.39 is 5.60 Å². The van der Waals surface area contributed by atoms with Gasteiger partial charge >= 0.3 is 5.97 Å². The molecule has 2 aliphatic heterocycles. The topological polar surface area (TPSA) is 70.1 Å². The van der Waals surface area contributed by atoms with Gasteiger partial charge in [0.15, 0.2) is 5.60 Å². The van der Waals surface area contributed by atoms with Crippen molar-refractivity contribution in [2.24, 2.45) is 5.92 Å². The number of rotatable bonds is 5. The highest BCUT2D eigenvalue weighted by Gasteiger charge is 2.44. The third-order valence-electron chi connectivity index (χ3n) is 5.60. The van der Waals surface area contributed by atoms with Crippen LogP contribution in [0.4, 0.5) is 4.39 Å².